The van der Waals surface area contributed by atoms with Crippen LogP contribution in [0, 0.1) is 6.92 Å². The maximum Gasteiger partial charge on any atom is 0.258 e. The molecule has 2 aliphatic heterocycles. The number of nitrogens with one attached hydrogen (secondary N) is 1. The van der Waals surface area contributed by atoms with Gasteiger partial charge in [-0.2, -0.15) is 0 Å². The number of aryl methyl sites for hydroxylation is 1. The molecule has 0 spiro atoms. The average molecular weight is 420 g/mol. The average Bonchev–Trinajstić information content (AvgIpc) is 3.25. The van der Waals surface area contributed by atoms with E-state index in [-0.39, 0.29) is 24.3 Å². The van der Waals surface area contributed by atoms with E-state index in [1.54, 1.807) is 23.1 Å². The molecule has 1 fully saturated rings. The summed E-state index contributed by atoms with van der Waals surface area (Å²) in [7, 11) is 0. The number of aromatic nitrogens is 1. The van der Waals surface area contributed by atoms with E-state index in [4.69, 9.17) is 0 Å². The number of fused-ring (bicyclic) bond motifs is 4. The van der Waals surface area contributed by atoms with Crippen molar-refractivity contribution in [2.75, 3.05) is 16.8 Å². The van der Waals surface area contributed by atoms with Crippen LogP contribution in [0.15, 0.2) is 42.5 Å². The zero-order valence-corrected chi connectivity index (χ0v) is 17.5. The van der Waals surface area contributed by atoms with Crippen molar-refractivity contribution in [3.63, 3.8) is 0 Å². The highest BCUT2D eigenvalue weighted by molar-refractivity contribution is 7.22. The number of nitrogens with zero attached hydrogens (tertiary/aromatic N) is 3. The lowest BCUT2D eigenvalue weighted by Gasteiger charge is -2.48. The lowest BCUT2D eigenvalue weighted by atomic mass is 9.98. The van der Waals surface area contributed by atoms with Crippen LogP contribution in [-0.2, 0) is 9.59 Å². The van der Waals surface area contributed by atoms with Crippen LogP contribution in [0.2, 0.25) is 0 Å². The number of benzene rings is 2. The molecule has 152 valence electrons. The lowest BCUT2D eigenvalue weighted by molar-refractivity contribution is -0.120. The first-order valence-electron chi connectivity index (χ1n) is 9.78. The molecule has 1 unspecified atom stereocenters. The molecular formula is C22H20N4O3S. The Morgan fingerprint density at radius 3 is 2.87 bits per heavy atom. The van der Waals surface area contributed by atoms with Crippen molar-refractivity contribution in [1.82, 2.24) is 9.88 Å². The lowest BCUT2D eigenvalue weighted by Crippen LogP contribution is -2.63. The van der Waals surface area contributed by atoms with Crippen LogP contribution in [0.3, 0.4) is 0 Å². The third-order valence-electron chi connectivity index (χ3n) is 5.84. The molecule has 0 bridgehead atoms. The summed E-state index contributed by atoms with van der Waals surface area (Å²) in [5.41, 5.74) is 2.15. The minimum Gasteiger partial charge on any atom is -0.306 e. The predicted octanol–water partition coefficient (Wildman–Crippen LogP) is 3.54. The van der Waals surface area contributed by atoms with Gasteiger partial charge in [-0.1, -0.05) is 29.5 Å². The van der Waals surface area contributed by atoms with Crippen molar-refractivity contribution in [2.24, 2.45) is 0 Å². The Hall–Kier alpha value is -3.26. The Balaban J connectivity index is 1.43. The first kappa shape index (κ1) is 18.7. The van der Waals surface area contributed by atoms with Gasteiger partial charge in [-0.15, -0.1) is 0 Å². The fourth-order valence-corrected chi connectivity index (χ4v) is 5.31. The Morgan fingerprint density at radius 2 is 2.03 bits per heavy atom. The van der Waals surface area contributed by atoms with Gasteiger partial charge >= 0.3 is 0 Å². The summed E-state index contributed by atoms with van der Waals surface area (Å²) in [5.74, 6) is -0.613. The quantitative estimate of drug-likeness (QED) is 0.703. The Kier molecular flexibility index (Phi) is 4.14. The molecule has 1 atom stereocenters. The molecule has 3 amide bonds. The second kappa shape index (κ2) is 6.63. The molecular weight excluding hydrogens is 400 g/mol. The maximum absolute atomic E-state index is 13.2. The first-order chi connectivity index (χ1) is 14.4. The van der Waals surface area contributed by atoms with Gasteiger partial charge in [0.1, 0.15) is 12.2 Å². The molecule has 0 aliphatic carbocycles. The second-order valence-corrected chi connectivity index (χ2v) is 8.92. The normalized spacial score (nSPS) is 20.5. The fourth-order valence-electron chi connectivity index (χ4n) is 4.33. The van der Waals surface area contributed by atoms with Crippen molar-refractivity contribution in [3.8, 4) is 0 Å². The van der Waals surface area contributed by atoms with Crippen molar-refractivity contribution in [1.29, 1.82) is 0 Å². The van der Waals surface area contributed by atoms with Gasteiger partial charge in [0.15, 0.2) is 5.13 Å². The molecule has 3 heterocycles. The summed E-state index contributed by atoms with van der Waals surface area (Å²) < 4.78 is 0.993. The molecule has 0 radical (unpaired) electrons. The topological polar surface area (TPSA) is 82.6 Å². The third-order valence-corrected chi connectivity index (χ3v) is 6.77. The van der Waals surface area contributed by atoms with Gasteiger partial charge in [-0.05, 0) is 50.1 Å². The number of thiazole rings is 1. The Morgan fingerprint density at radius 1 is 1.23 bits per heavy atom. The van der Waals surface area contributed by atoms with E-state index < -0.39 is 5.66 Å². The highest BCUT2D eigenvalue weighted by Gasteiger charge is 2.53. The third kappa shape index (κ3) is 2.79. The number of hydrogen-bond acceptors (Lipinski definition) is 5. The van der Waals surface area contributed by atoms with Gasteiger partial charge < -0.3 is 10.2 Å². The van der Waals surface area contributed by atoms with Crippen LogP contribution in [0.1, 0.15) is 35.7 Å². The van der Waals surface area contributed by atoms with Crippen molar-refractivity contribution >= 4 is 50.1 Å². The largest absolute Gasteiger partial charge is 0.306 e. The van der Waals surface area contributed by atoms with Gasteiger partial charge in [0.25, 0.3) is 5.91 Å². The number of carbonyl (C=O) groups excluding carboxylic acids is 3. The predicted molar refractivity (Wildman–Crippen MR) is 116 cm³/mol. The summed E-state index contributed by atoms with van der Waals surface area (Å²) in [5, 5.41) is 3.32. The Bertz CT molecular complexity index is 1220. The van der Waals surface area contributed by atoms with Crippen LogP contribution in [-0.4, -0.2) is 39.8 Å². The molecule has 2 aromatic carbocycles. The van der Waals surface area contributed by atoms with Crippen LogP contribution in [0.4, 0.5) is 10.8 Å². The van der Waals surface area contributed by atoms with Gasteiger partial charge in [0, 0.05) is 6.42 Å². The fraction of sp³-hybridized carbons (Fsp3) is 0.273. The summed E-state index contributed by atoms with van der Waals surface area (Å²) in [6.07, 6.45) is 0.826. The summed E-state index contributed by atoms with van der Waals surface area (Å²) in [6, 6.07) is 13.0. The highest BCUT2D eigenvalue weighted by Crippen LogP contribution is 2.43. The van der Waals surface area contributed by atoms with E-state index in [1.165, 1.54) is 16.2 Å². The SMILES string of the molecule is Cc1ccc2nc(NC(=O)CN3C(=O)c4ccccc4N4C(=O)CCC34C)sc2c1. The van der Waals surface area contributed by atoms with Crippen LogP contribution in [0.25, 0.3) is 10.2 Å². The van der Waals surface area contributed by atoms with Crippen molar-refractivity contribution in [3.05, 3.63) is 53.6 Å². The monoisotopic (exact) mass is 420 g/mol. The number of carbonyl (C=O) groups is 3. The minimum atomic E-state index is -0.857. The molecule has 1 aromatic heterocycles. The van der Waals surface area contributed by atoms with E-state index in [0.717, 1.165) is 15.8 Å². The van der Waals surface area contributed by atoms with Crippen molar-refractivity contribution < 1.29 is 14.4 Å². The molecule has 1 saturated heterocycles. The first-order valence-corrected chi connectivity index (χ1v) is 10.6. The molecule has 5 rings (SSSR count). The molecule has 0 saturated carbocycles. The summed E-state index contributed by atoms with van der Waals surface area (Å²) in [6.45, 7) is 3.70. The van der Waals surface area contributed by atoms with E-state index in [0.29, 0.717) is 29.2 Å². The smallest absolute Gasteiger partial charge is 0.258 e. The van der Waals surface area contributed by atoms with E-state index in [2.05, 4.69) is 10.3 Å². The number of hydrogen-bond donors (Lipinski definition) is 1. The summed E-state index contributed by atoms with van der Waals surface area (Å²) in [4.78, 5) is 46.3. The van der Waals surface area contributed by atoms with Crippen molar-refractivity contribution in [2.45, 2.75) is 32.4 Å². The number of amides is 3. The molecule has 1 N–H and O–H groups in total. The molecule has 7 nitrogen and oxygen atoms in total. The number of para-hydroxylation sites is 1. The highest BCUT2D eigenvalue weighted by atomic mass is 32.1. The van der Waals surface area contributed by atoms with Gasteiger partial charge in [0.05, 0.1) is 21.5 Å². The number of anilines is 2. The maximum atomic E-state index is 13.2. The van der Waals surface area contributed by atoms with Crippen LogP contribution >= 0.6 is 11.3 Å². The molecule has 8 heteroatoms. The zero-order valence-electron chi connectivity index (χ0n) is 16.6. The number of rotatable bonds is 3. The summed E-state index contributed by atoms with van der Waals surface area (Å²) >= 11 is 1.40. The van der Waals surface area contributed by atoms with Gasteiger partial charge in [-0.3, -0.25) is 19.3 Å². The standard InChI is InChI=1S/C22H20N4O3S/c1-13-7-8-15-17(11-13)30-21(23-15)24-18(27)12-25-20(29)14-5-3-4-6-16(14)26-19(28)9-10-22(25,26)2/h3-8,11H,9-10,12H2,1-2H3,(H,23,24,27). The van der Waals surface area contributed by atoms with Gasteiger partial charge in [0.2, 0.25) is 11.8 Å². The van der Waals surface area contributed by atoms with Crippen LogP contribution in [0.5, 0.6) is 0 Å². The van der Waals surface area contributed by atoms with Crippen LogP contribution < -0.4 is 10.2 Å². The zero-order chi connectivity index (χ0) is 21.0. The minimum absolute atomic E-state index is 0.0376. The van der Waals surface area contributed by atoms with E-state index in [9.17, 15) is 14.4 Å². The van der Waals surface area contributed by atoms with E-state index >= 15 is 0 Å². The Labute approximate surface area is 177 Å². The van der Waals surface area contributed by atoms with E-state index in [1.807, 2.05) is 38.1 Å². The molecule has 2 aliphatic rings. The second-order valence-electron chi connectivity index (χ2n) is 7.89. The molecule has 3 aromatic rings. The molecule has 30 heavy (non-hydrogen) atoms. The van der Waals surface area contributed by atoms with Gasteiger partial charge in [-0.25, -0.2) is 4.98 Å².